The molecule has 0 heterocycles. The van der Waals surface area contributed by atoms with Crippen molar-refractivity contribution in [1.82, 2.24) is 5.32 Å². The molecule has 0 aromatic heterocycles. The quantitative estimate of drug-likeness (QED) is 0.681. The lowest BCUT2D eigenvalue weighted by Gasteiger charge is -2.21. The maximum Gasteiger partial charge on any atom is 0.0436 e. The van der Waals surface area contributed by atoms with E-state index in [9.17, 15) is 0 Å². The van der Waals surface area contributed by atoms with Gasteiger partial charge >= 0.3 is 0 Å². The Morgan fingerprint density at radius 3 is 2.67 bits per heavy atom. The van der Waals surface area contributed by atoms with Crippen LogP contribution >= 0.6 is 0 Å². The Hall–Kier alpha value is -0.0800. The first-order chi connectivity index (χ1) is 8.78. The monoisotopic (exact) mass is 253 g/mol. The van der Waals surface area contributed by atoms with Crippen molar-refractivity contribution >= 4 is 0 Å². The molecule has 18 heavy (non-hydrogen) atoms. The van der Waals surface area contributed by atoms with Crippen LogP contribution in [-0.4, -0.2) is 24.3 Å². The van der Waals surface area contributed by atoms with Gasteiger partial charge in [0.1, 0.15) is 0 Å². The zero-order valence-corrected chi connectivity index (χ0v) is 12.1. The predicted molar refractivity (Wildman–Crippen MR) is 76.6 cm³/mol. The van der Waals surface area contributed by atoms with Crippen molar-refractivity contribution in [2.75, 3.05) is 13.2 Å². The molecule has 2 fully saturated rings. The topological polar surface area (TPSA) is 32.3 Å². The van der Waals surface area contributed by atoms with E-state index in [1.165, 1.54) is 57.8 Å². The van der Waals surface area contributed by atoms with Crippen LogP contribution in [0, 0.1) is 11.3 Å². The van der Waals surface area contributed by atoms with Gasteiger partial charge in [0, 0.05) is 19.2 Å². The van der Waals surface area contributed by atoms with E-state index < -0.39 is 0 Å². The van der Waals surface area contributed by atoms with Crippen LogP contribution in [0.15, 0.2) is 0 Å². The lowest BCUT2D eigenvalue weighted by atomic mass is 9.95. The van der Waals surface area contributed by atoms with E-state index in [1.807, 2.05) is 0 Å². The average molecular weight is 253 g/mol. The Kier molecular flexibility index (Phi) is 5.50. The van der Waals surface area contributed by atoms with E-state index in [4.69, 9.17) is 5.11 Å². The Balaban J connectivity index is 1.67. The van der Waals surface area contributed by atoms with Gasteiger partial charge in [0.15, 0.2) is 0 Å². The maximum absolute atomic E-state index is 9.09. The third-order valence-corrected chi connectivity index (χ3v) is 5.15. The lowest BCUT2D eigenvalue weighted by molar-refractivity contribution is 0.240. The highest BCUT2D eigenvalue weighted by atomic mass is 16.3. The summed E-state index contributed by atoms with van der Waals surface area (Å²) in [6.45, 7) is 3.83. The summed E-state index contributed by atoms with van der Waals surface area (Å²) in [4.78, 5) is 0. The molecule has 0 aliphatic heterocycles. The molecule has 2 heteroatoms. The number of rotatable bonds is 7. The second-order valence-electron chi connectivity index (χ2n) is 6.71. The van der Waals surface area contributed by atoms with Crippen molar-refractivity contribution in [3.63, 3.8) is 0 Å². The largest absolute Gasteiger partial charge is 0.396 e. The molecule has 2 saturated carbocycles. The summed E-state index contributed by atoms with van der Waals surface area (Å²) < 4.78 is 0. The summed E-state index contributed by atoms with van der Waals surface area (Å²) in [6.07, 6.45) is 13.5. The molecule has 2 aliphatic carbocycles. The summed E-state index contributed by atoms with van der Waals surface area (Å²) in [5.41, 5.74) is 0.476. The van der Waals surface area contributed by atoms with Crippen LogP contribution in [0.4, 0.5) is 0 Å². The van der Waals surface area contributed by atoms with E-state index in [0.717, 1.165) is 24.9 Å². The van der Waals surface area contributed by atoms with Crippen LogP contribution in [0.5, 0.6) is 0 Å². The summed E-state index contributed by atoms with van der Waals surface area (Å²) in [5.74, 6) is 0.995. The Morgan fingerprint density at radius 1 is 1.17 bits per heavy atom. The van der Waals surface area contributed by atoms with Crippen LogP contribution in [0.25, 0.3) is 0 Å². The fraction of sp³-hybridized carbons (Fsp3) is 1.00. The molecule has 0 amide bonds. The number of hydrogen-bond acceptors (Lipinski definition) is 2. The second-order valence-corrected chi connectivity index (χ2v) is 6.71. The van der Waals surface area contributed by atoms with Gasteiger partial charge in [0.25, 0.3) is 0 Å². The maximum atomic E-state index is 9.09. The summed E-state index contributed by atoms with van der Waals surface area (Å²) in [6, 6.07) is 0.753. The van der Waals surface area contributed by atoms with Gasteiger partial charge in [-0.1, -0.05) is 32.6 Å². The fourth-order valence-corrected chi connectivity index (χ4v) is 3.57. The number of nitrogens with one attached hydrogen (secondary N) is 1. The lowest BCUT2D eigenvalue weighted by Crippen LogP contribution is -2.34. The number of aliphatic hydroxyl groups excluding tert-OH is 1. The first-order valence-electron chi connectivity index (χ1n) is 8.12. The third-order valence-electron chi connectivity index (χ3n) is 5.15. The standard InChI is InChI=1S/C16H31NO/c1-2-4-14-5-3-6-15(8-7-14)17-13-16(9-10-16)11-12-18/h14-15,17-18H,2-13H2,1H3. The molecule has 2 aliphatic rings. The minimum absolute atomic E-state index is 0.366. The van der Waals surface area contributed by atoms with Gasteiger partial charge in [-0.2, -0.15) is 0 Å². The highest BCUT2D eigenvalue weighted by Gasteiger charge is 2.41. The molecular weight excluding hydrogens is 222 g/mol. The molecule has 0 spiro atoms. The molecule has 0 aromatic rings. The molecule has 0 radical (unpaired) electrons. The first-order valence-corrected chi connectivity index (χ1v) is 8.12. The molecule has 0 saturated heterocycles. The van der Waals surface area contributed by atoms with E-state index in [-0.39, 0.29) is 0 Å². The zero-order valence-electron chi connectivity index (χ0n) is 12.1. The molecular formula is C16H31NO. The van der Waals surface area contributed by atoms with Gasteiger partial charge in [0.05, 0.1) is 0 Å². The number of aliphatic hydroxyl groups is 1. The van der Waals surface area contributed by atoms with Gasteiger partial charge in [-0.3, -0.25) is 0 Å². The van der Waals surface area contributed by atoms with Gasteiger partial charge in [-0.15, -0.1) is 0 Å². The van der Waals surface area contributed by atoms with Gasteiger partial charge in [-0.05, 0) is 49.9 Å². The van der Waals surface area contributed by atoms with Crippen molar-refractivity contribution in [2.24, 2.45) is 11.3 Å². The molecule has 0 bridgehead atoms. The highest BCUT2D eigenvalue weighted by molar-refractivity contribution is 4.95. The predicted octanol–water partition coefficient (Wildman–Crippen LogP) is 3.49. The Morgan fingerprint density at radius 2 is 2.00 bits per heavy atom. The Bertz CT molecular complexity index is 237. The zero-order chi connectivity index (χ0) is 12.8. The van der Waals surface area contributed by atoms with E-state index in [0.29, 0.717) is 12.0 Å². The molecule has 2 rings (SSSR count). The highest BCUT2D eigenvalue weighted by Crippen LogP contribution is 2.48. The van der Waals surface area contributed by atoms with Gasteiger partial charge in [0.2, 0.25) is 0 Å². The van der Waals surface area contributed by atoms with Crippen LogP contribution in [0.1, 0.15) is 71.1 Å². The summed E-state index contributed by atoms with van der Waals surface area (Å²) >= 11 is 0. The summed E-state index contributed by atoms with van der Waals surface area (Å²) in [7, 11) is 0. The normalized spacial score (nSPS) is 31.0. The first kappa shape index (κ1) is 14.3. The van der Waals surface area contributed by atoms with E-state index in [2.05, 4.69) is 12.2 Å². The third kappa shape index (κ3) is 4.24. The van der Waals surface area contributed by atoms with Crippen LogP contribution in [0.2, 0.25) is 0 Å². The van der Waals surface area contributed by atoms with Gasteiger partial charge < -0.3 is 10.4 Å². The van der Waals surface area contributed by atoms with E-state index >= 15 is 0 Å². The SMILES string of the molecule is CCCC1CCCC(NCC2(CCO)CC2)CC1. The minimum Gasteiger partial charge on any atom is -0.396 e. The molecule has 0 aromatic carbocycles. The molecule has 2 atom stereocenters. The van der Waals surface area contributed by atoms with Gasteiger partial charge in [-0.25, -0.2) is 0 Å². The van der Waals surface area contributed by atoms with Crippen molar-refractivity contribution in [2.45, 2.75) is 77.2 Å². The number of hydrogen-bond donors (Lipinski definition) is 2. The van der Waals surface area contributed by atoms with Crippen molar-refractivity contribution in [3.05, 3.63) is 0 Å². The average Bonchev–Trinajstić information content (AvgIpc) is 3.14. The Labute approximate surface area is 113 Å². The molecule has 2 nitrogen and oxygen atoms in total. The van der Waals surface area contributed by atoms with Crippen LogP contribution in [0.3, 0.4) is 0 Å². The fourth-order valence-electron chi connectivity index (χ4n) is 3.57. The molecule has 2 unspecified atom stereocenters. The van der Waals surface area contributed by atoms with Crippen molar-refractivity contribution < 1.29 is 5.11 Å². The second kappa shape index (κ2) is 6.91. The van der Waals surface area contributed by atoms with Crippen LogP contribution in [-0.2, 0) is 0 Å². The smallest absolute Gasteiger partial charge is 0.0436 e. The molecule has 2 N–H and O–H groups in total. The molecule has 106 valence electrons. The van der Waals surface area contributed by atoms with Crippen molar-refractivity contribution in [1.29, 1.82) is 0 Å². The van der Waals surface area contributed by atoms with Crippen LogP contribution < -0.4 is 5.32 Å². The minimum atomic E-state index is 0.366. The van der Waals surface area contributed by atoms with E-state index in [1.54, 1.807) is 0 Å². The van der Waals surface area contributed by atoms with Crippen molar-refractivity contribution in [3.8, 4) is 0 Å². The summed E-state index contributed by atoms with van der Waals surface area (Å²) in [5, 5.41) is 12.9.